The van der Waals surface area contributed by atoms with E-state index in [1.54, 1.807) is 24.3 Å². The van der Waals surface area contributed by atoms with Gasteiger partial charge in [-0.15, -0.1) is 0 Å². The van der Waals surface area contributed by atoms with Gasteiger partial charge in [-0.2, -0.15) is 31.6 Å². The van der Waals surface area contributed by atoms with E-state index in [0.29, 0.717) is 24.2 Å². The lowest BCUT2D eigenvalue weighted by Crippen LogP contribution is -2.34. The molecular formula is C21H18F6N2O2. The monoisotopic (exact) mass is 444 g/mol. The van der Waals surface area contributed by atoms with Crippen molar-refractivity contribution in [2.75, 3.05) is 24.7 Å². The summed E-state index contributed by atoms with van der Waals surface area (Å²) in [6, 6.07) is 12.3. The molecule has 2 atom stereocenters. The largest absolute Gasteiger partial charge is 0.489 e. The van der Waals surface area contributed by atoms with Gasteiger partial charge < -0.3 is 14.4 Å². The van der Waals surface area contributed by atoms with Gasteiger partial charge in [-0.3, -0.25) is 0 Å². The summed E-state index contributed by atoms with van der Waals surface area (Å²) in [5.41, 5.74) is 0.312. The second-order valence-electron chi connectivity index (χ2n) is 7.09. The highest BCUT2D eigenvalue weighted by Crippen LogP contribution is 2.32. The van der Waals surface area contributed by atoms with Gasteiger partial charge in [0, 0.05) is 12.1 Å². The maximum absolute atomic E-state index is 12.7. The van der Waals surface area contributed by atoms with Crippen molar-refractivity contribution in [1.82, 2.24) is 0 Å². The Balaban J connectivity index is 1.71. The van der Waals surface area contributed by atoms with Crippen LogP contribution < -0.4 is 9.64 Å². The van der Waals surface area contributed by atoms with Crippen molar-refractivity contribution in [2.24, 2.45) is 0 Å². The Bertz CT molecular complexity index is 904. The molecule has 0 aromatic heterocycles. The summed E-state index contributed by atoms with van der Waals surface area (Å²) in [5.74, 6) is 0.231. The molecule has 166 valence electrons. The fraction of sp³-hybridized carbons (Fsp3) is 0.381. The van der Waals surface area contributed by atoms with Crippen LogP contribution in [0.2, 0.25) is 0 Å². The van der Waals surface area contributed by atoms with E-state index in [9.17, 15) is 26.3 Å². The van der Waals surface area contributed by atoms with Gasteiger partial charge >= 0.3 is 12.4 Å². The predicted molar refractivity (Wildman–Crippen MR) is 99.6 cm³/mol. The van der Waals surface area contributed by atoms with E-state index in [-0.39, 0.29) is 12.4 Å². The van der Waals surface area contributed by atoms with Crippen LogP contribution in [0.3, 0.4) is 0 Å². The molecular weight excluding hydrogens is 426 g/mol. The molecule has 31 heavy (non-hydrogen) atoms. The first-order valence-corrected chi connectivity index (χ1v) is 9.30. The molecule has 1 heterocycles. The second-order valence-corrected chi connectivity index (χ2v) is 7.09. The van der Waals surface area contributed by atoms with Crippen LogP contribution in [-0.4, -0.2) is 38.1 Å². The number of halogens is 6. The summed E-state index contributed by atoms with van der Waals surface area (Å²) >= 11 is 0. The molecule has 0 radical (unpaired) electrons. The number of anilines is 1. The maximum Gasteiger partial charge on any atom is 0.416 e. The molecule has 0 aliphatic carbocycles. The van der Waals surface area contributed by atoms with Crippen LogP contribution in [0.15, 0.2) is 48.5 Å². The molecule has 0 saturated carbocycles. The summed E-state index contributed by atoms with van der Waals surface area (Å²) in [7, 11) is 0. The van der Waals surface area contributed by atoms with E-state index in [1.807, 2.05) is 11.0 Å². The Hall–Kier alpha value is -2.93. The number of benzene rings is 2. The SMILES string of the molecule is N#Cc1ccc(N2C[C@H](Oc3ccc(C(F)(F)F)cc3)C[C@H]2COCC(F)(F)F)cc1. The van der Waals surface area contributed by atoms with Crippen LogP contribution >= 0.6 is 0 Å². The predicted octanol–water partition coefficient (Wildman–Crippen LogP) is 5.18. The van der Waals surface area contributed by atoms with Crippen LogP contribution in [0.5, 0.6) is 5.75 Å². The molecule has 0 N–H and O–H groups in total. The molecule has 2 aromatic rings. The van der Waals surface area contributed by atoms with Crippen LogP contribution in [0.4, 0.5) is 32.0 Å². The van der Waals surface area contributed by atoms with Gasteiger partial charge in [0.2, 0.25) is 0 Å². The zero-order chi connectivity index (χ0) is 22.6. The molecule has 0 bridgehead atoms. The molecule has 1 saturated heterocycles. The maximum atomic E-state index is 12.7. The summed E-state index contributed by atoms with van der Waals surface area (Å²) in [4.78, 5) is 1.81. The van der Waals surface area contributed by atoms with E-state index in [1.165, 1.54) is 12.1 Å². The van der Waals surface area contributed by atoms with Gasteiger partial charge in [0.1, 0.15) is 18.5 Å². The lowest BCUT2D eigenvalue weighted by molar-refractivity contribution is -0.174. The Morgan fingerprint density at radius 3 is 2.16 bits per heavy atom. The third-order valence-electron chi connectivity index (χ3n) is 4.76. The van der Waals surface area contributed by atoms with Crippen molar-refractivity contribution >= 4 is 5.69 Å². The highest BCUT2D eigenvalue weighted by molar-refractivity contribution is 5.52. The molecule has 3 rings (SSSR count). The number of nitriles is 1. The average Bonchev–Trinajstić information content (AvgIpc) is 3.09. The normalized spacial score (nSPS) is 19.3. The second kappa shape index (κ2) is 9.06. The summed E-state index contributed by atoms with van der Waals surface area (Å²) < 4.78 is 86.1. The van der Waals surface area contributed by atoms with E-state index < -0.39 is 36.7 Å². The van der Waals surface area contributed by atoms with Crippen molar-refractivity contribution in [3.05, 3.63) is 59.7 Å². The highest BCUT2D eigenvalue weighted by Gasteiger charge is 2.36. The third-order valence-corrected chi connectivity index (χ3v) is 4.76. The van der Waals surface area contributed by atoms with Gasteiger partial charge in [0.05, 0.1) is 36.4 Å². The molecule has 1 aliphatic rings. The molecule has 2 aromatic carbocycles. The summed E-state index contributed by atoms with van der Waals surface area (Å²) in [6.45, 7) is -1.28. The lowest BCUT2D eigenvalue weighted by Gasteiger charge is -2.26. The number of hydrogen-bond acceptors (Lipinski definition) is 4. The van der Waals surface area contributed by atoms with Crippen LogP contribution in [0.1, 0.15) is 17.5 Å². The minimum atomic E-state index is -4.46. The zero-order valence-electron chi connectivity index (χ0n) is 16.1. The fourth-order valence-corrected chi connectivity index (χ4v) is 3.39. The topological polar surface area (TPSA) is 45.5 Å². The standard InChI is InChI=1S/C21H18F6N2O2/c22-20(23,24)13-30-12-17-9-19(11-29(17)16-5-1-14(10-28)2-6-16)31-18-7-3-15(4-8-18)21(25,26)27/h1-8,17,19H,9,11-13H2/t17-,19+/m0/s1. The van der Waals surface area contributed by atoms with Gasteiger partial charge in [0.15, 0.2) is 0 Å². The lowest BCUT2D eigenvalue weighted by atomic mass is 10.1. The van der Waals surface area contributed by atoms with Gasteiger partial charge in [-0.25, -0.2) is 0 Å². The quantitative estimate of drug-likeness (QED) is 0.576. The Labute approximate surface area is 174 Å². The van der Waals surface area contributed by atoms with Gasteiger partial charge in [-0.1, -0.05) is 0 Å². The van der Waals surface area contributed by atoms with Gasteiger partial charge in [-0.05, 0) is 48.5 Å². The molecule has 0 unspecified atom stereocenters. The molecule has 0 spiro atoms. The van der Waals surface area contributed by atoms with Crippen molar-refractivity contribution < 1.29 is 35.8 Å². The number of ether oxygens (including phenoxy) is 2. The van der Waals surface area contributed by atoms with Crippen molar-refractivity contribution in [1.29, 1.82) is 5.26 Å². The van der Waals surface area contributed by atoms with Gasteiger partial charge in [0.25, 0.3) is 0 Å². The first-order valence-electron chi connectivity index (χ1n) is 9.30. The van der Waals surface area contributed by atoms with Crippen molar-refractivity contribution in [2.45, 2.75) is 30.9 Å². The van der Waals surface area contributed by atoms with Crippen LogP contribution in [0, 0.1) is 11.3 Å². The van der Waals surface area contributed by atoms with Crippen LogP contribution in [0.25, 0.3) is 0 Å². The van der Waals surface area contributed by atoms with Crippen LogP contribution in [-0.2, 0) is 10.9 Å². The first kappa shape index (κ1) is 22.7. The van der Waals surface area contributed by atoms with E-state index in [2.05, 4.69) is 0 Å². The first-order chi connectivity index (χ1) is 14.5. The Morgan fingerprint density at radius 1 is 0.968 bits per heavy atom. The van der Waals surface area contributed by atoms with Crippen molar-refractivity contribution in [3.63, 3.8) is 0 Å². The number of alkyl halides is 6. The minimum Gasteiger partial charge on any atom is -0.489 e. The molecule has 1 fully saturated rings. The van der Waals surface area contributed by atoms with E-state index >= 15 is 0 Å². The molecule has 1 aliphatic heterocycles. The van der Waals surface area contributed by atoms with Crippen molar-refractivity contribution in [3.8, 4) is 11.8 Å². The smallest absolute Gasteiger partial charge is 0.416 e. The summed E-state index contributed by atoms with van der Waals surface area (Å²) in [6.07, 6.45) is -9.06. The summed E-state index contributed by atoms with van der Waals surface area (Å²) in [5, 5.41) is 8.93. The van der Waals surface area contributed by atoms with E-state index in [4.69, 9.17) is 14.7 Å². The average molecular weight is 444 g/mol. The number of rotatable bonds is 6. The molecule has 0 amide bonds. The van der Waals surface area contributed by atoms with E-state index in [0.717, 1.165) is 12.1 Å². The number of nitrogens with zero attached hydrogens (tertiary/aromatic N) is 2. The minimum absolute atomic E-state index is 0.202. The molecule has 10 heteroatoms. The Kier molecular flexibility index (Phi) is 6.65. The number of hydrogen-bond donors (Lipinski definition) is 0. The highest BCUT2D eigenvalue weighted by atomic mass is 19.4. The molecule has 4 nitrogen and oxygen atoms in total. The fourth-order valence-electron chi connectivity index (χ4n) is 3.39. The third kappa shape index (κ3) is 6.28. The zero-order valence-corrected chi connectivity index (χ0v) is 16.1. The Morgan fingerprint density at radius 2 is 1.61 bits per heavy atom.